The third kappa shape index (κ3) is 3.06. The Morgan fingerprint density at radius 2 is 2.32 bits per heavy atom. The molecule has 2 aromatic rings. The van der Waals surface area contributed by atoms with Gasteiger partial charge in [0.2, 0.25) is 0 Å². The van der Waals surface area contributed by atoms with Crippen LogP contribution in [0.1, 0.15) is 21.9 Å². The number of H-pyrrole nitrogens is 1. The highest BCUT2D eigenvalue weighted by molar-refractivity contribution is 5.98. The first-order chi connectivity index (χ1) is 9.20. The summed E-state index contributed by atoms with van der Waals surface area (Å²) >= 11 is 0. The average Bonchev–Trinajstić information content (AvgIpc) is 2.97. The summed E-state index contributed by atoms with van der Waals surface area (Å²) in [4.78, 5) is 22.5. The lowest BCUT2D eigenvalue weighted by atomic mass is 10.2. The Morgan fingerprint density at radius 3 is 2.89 bits per heavy atom. The molecule has 0 aliphatic carbocycles. The number of amides is 1. The summed E-state index contributed by atoms with van der Waals surface area (Å²) in [5, 5.41) is 14.0. The Hall–Kier alpha value is -2.90. The number of imidazole rings is 1. The van der Waals surface area contributed by atoms with Crippen LogP contribution >= 0.6 is 0 Å². The van der Waals surface area contributed by atoms with E-state index >= 15 is 0 Å². The summed E-state index contributed by atoms with van der Waals surface area (Å²) in [5.74, 6) is 0.263. The van der Waals surface area contributed by atoms with E-state index in [1.165, 1.54) is 12.3 Å². The van der Waals surface area contributed by atoms with Gasteiger partial charge in [-0.15, -0.1) is 0 Å². The number of nitrogens with one attached hydrogen (secondary N) is 2. The number of amidine groups is 1. The Kier molecular flexibility index (Phi) is 3.72. The first kappa shape index (κ1) is 12.6. The van der Waals surface area contributed by atoms with Crippen LogP contribution in [0.25, 0.3) is 0 Å². The van der Waals surface area contributed by atoms with Gasteiger partial charge in [0.05, 0.1) is 6.54 Å². The summed E-state index contributed by atoms with van der Waals surface area (Å²) in [6.07, 6.45) is 4.63. The molecule has 5 N–H and O–H groups in total. The Balaban J connectivity index is 1.99. The molecule has 0 radical (unpaired) electrons. The lowest BCUT2D eigenvalue weighted by Gasteiger charge is -2.03. The van der Waals surface area contributed by atoms with Crippen LogP contribution in [0.15, 0.2) is 35.9 Å². The van der Waals surface area contributed by atoms with Crippen molar-refractivity contribution in [2.75, 3.05) is 0 Å². The van der Waals surface area contributed by atoms with E-state index in [0.29, 0.717) is 11.4 Å². The highest BCUT2D eigenvalue weighted by Crippen LogP contribution is 2.00. The summed E-state index contributed by atoms with van der Waals surface area (Å²) in [7, 11) is 0. The van der Waals surface area contributed by atoms with Crippen molar-refractivity contribution in [3.05, 3.63) is 47.8 Å². The molecule has 1 amide bonds. The monoisotopic (exact) mass is 260 g/mol. The third-order valence-corrected chi connectivity index (χ3v) is 2.37. The highest BCUT2D eigenvalue weighted by atomic mass is 16.4. The fourth-order valence-electron chi connectivity index (χ4n) is 1.39. The molecular weight excluding hydrogens is 248 g/mol. The minimum atomic E-state index is -0.331. The lowest BCUT2D eigenvalue weighted by molar-refractivity contribution is 0.0945. The van der Waals surface area contributed by atoms with Crippen molar-refractivity contribution < 1.29 is 10.0 Å². The standard InChI is InChI=1S/C11H12N6O2/c12-10(17-19)7-1-2-8(15-5-7)11(18)16-6-9-13-3-4-14-9/h1-5,19H,6H2,(H2,12,17)(H,13,14)(H,16,18). The Morgan fingerprint density at radius 1 is 1.47 bits per heavy atom. The molecule has 2 rings (SSSR count). The number of pyridine rings is 1. The molecule has 0 aliphatic heterocycles. The van der Waals surface area contributed by atoms with E-state index in [1.54, 1.807) is 18.5 Å². The number of oxime groups is 1. The number of nitrogens with zero attached hydrogens (tertiary/aromatic N) is 3. The molecule has 0 spiro atoms. The number of hydrogen-bond donors (Lipinski definition) is 4. The summed E-state index contributed by atoms with van der Waals surface area (Å²) in [5.41, 5.74) is 6.06. The van der Waals surface area contributed by atoms with Crippen molar-refractivity contribution in [1.29, 1.82) is 0 Å². The van der Waals surface area contributed by atoms with Crippen molar-refractivity contribution in [2.24, 2.45) is 10.9 Å². The van der Waals surface area contributed by atoms with E-state index in [9.17, 15) is 4.79 Å². The van der Waals surface area contributed by atoms with E-state index < -0.39 is 0 Å². The first-order valence-electron chi connectivity index (χ1n) is 5.41. The van der Waals surface area contributed by atoms with E-state index in [2.05, 4.69) is 25.4 Å². The van der Waals surface area contributed by atoms with Gasteiger partial charge in [-0.3, -0.25) is 9.78 Å². The van der Waals surface area contributed by atoms with Gasteiger partial charge in [0.1, 0.15) is 11.5 Å². The van der Waals surface area contributed by atoms with Gasteiger partial charge in [0.15, 0.2) is 5.84 Å². The molecule has 0 aromatic carbocycles. The van der Waals surface area contributed by atoms with Crippen LogP contribution in [0, 0.1) is 0 Å². The van der Waals surface area contributed by atoms with Crippen molar-refractivity contribution in [1.82, 2.24) is 20.3 Å². The zero-order chi connectivity index (χ0) is 13.7. The zero-order valence-corrected chi connectivity index (χ0v) is 9.87. The van der Waals surface area contributed by atoms with Gasteiger partial charge in [-0.25, -0.2) is 4.98 Å². The summed E-state index contributed by atoms with van der Waals surface area (Å²) in [6, 6.07) is 3.04. The molecule has 0 atom stereocenters. The molecule has 0 unspecified atom stereocenters. The number of nitrogens with two attached hydrogens (primary N) is 1. The Bertz CT molecular complexity index is 576. The molecule has 2 heterocycles. The second-order valence-corrected chi connectivity index (χ2v) is 3.64. The average molecular weight is 260 g/mol. The normalized spacial score (nSPS) is 11.3. The van der Waals surface area contributed by atoms with E-state index in [4.69, 9.17) is 10.9 Å². The predicted octanol–water partition coefficient (Wildman–Crippen LogP) is -0.171. The number of carbonyl (C=O) groups excluding carboxylic acids is 1. The van der Waals surface area contributed by atoms with Crippen molar-refractivity contribution in [3.8, 4) is 0 Å². The van der Waals surface area contributed by atoms with Crippen LogP contribution in [0.5, 0.6) is 0 Å². The van der Waals surface area contributed by atoms with Gasteiger partial charge in [0, 0.05) is 24.2 Å². The molecule has 0 bridgehead atoms. The molecule has 0 fully saturated rings. The smallest absolute Gasteiger partial charge is 0.270 e. The van der Waals surface area contributed by atoms with Gasteiger partial charge in [-0.1, -0.05) is 5.16 Å². The number of carbonyl (C=O) groups is 1. The summed E-state index contributed by atoms with van der Waals surface area (Å²) < 4.78 is 0. The molecule has 2 aromatic heterocycles. The Labute approximate surface area is 108 Å². The number of aromatic nitrogens is 3. The molecule has 98 valence electrons. The van der Waals surface area contributed by atoms with Gasteiger partial charge >= 0.3 is 0 Å². The van der Waals surface area contributed by atoms with Crippen LogP contribution in [0.3, 0.4) is 0 Å². The van der Waals surface area contributed by atoms with Crippen molar-refractivity contribution in [2.45, 2.75) is 6.54 Å². The van der Waals surface area contributed by atoms with Crippen LogP contribution in [0.2, 0.25) is 0 Å². The maximum absolute atomic E-state index is 11.8. The molecular formula is C11H12N6O2. The van der Waals surface area contributed by atoms with E-state index in [-0.39, 0.29) is 24.0 Å². The van der Waals surface area contributed by atoms with E-state index in [1.807, 2.05) is 0 Å². The summed E-state index contributed by atoms with van der Waals surface area (Å²) in [6.45, 7) is 0.287. The fourth-order valence-corrected chi connectivity index (χ4v) is 1.39. The molecule has 8 heteroatoms. The SMILES string of the molecule is NC(=NO)c1ccc(C(=O)NCc2ncc[nH]2)nc1. The van der Waals surface area contributed by atoms with Crippen LogP contribution in [-0.4, -0.2) is 31.9 Å². The second-order valence-electron chi connectivity index (χ2n) is 3.64. The molecule has 19 heavy (non-hydrogen) atoms. The van der Waals surface area contributed by atoms with Gasteiger partial charge in [0.25, 0.3) is 5.91 Å². The van der Waals surface area contributed by atoms with Crippen LogP contribution in [0.4, 0.5) is 0 Å². The number of hydrogen-bond acceptors (Lipinski definition) is 5. The van der Waals surface area contributed by atoms with Crippen molar-refractivity contribution in [3.63, 3.8) is 0 Å². The van der Waals surface area contributed by atoms with Gasteiger partial charge in [-0.2, -0.15) is 0 Å². The van der Waals surface area contributed by atoms with Crippen LogP contribution < -0.4 is 11.1 Å². The quantitative estimate of drug-likeness (QED) is 0.262. The third-order valence-electron chi connectivity index (χ3n) is 2.37. The minimum absolute atomic E-state index is 0.0601. The number of rotatable bonds is 4. The van der Waals surface area contributed by atoms with Crippen molar-refractivity contribution >= 4 is 11.7 Å². The van der Waals surface area contributed by atoms with E-state index in [0.717, 1.165) is 0 Å². The number of aromatic amines is 1. The van der Waals surface area contributed by atoms with Gasteiger partial charge in [-0.05, 0) is 12.1 Å². The van der Waals surface area contributed by atoms with Gasteiger partial charge < -0.3 is 21.2 Å². The highest BCUT2D eigenvalue weighted by Gasteiger charge is 2.08. The second kappa shape index (κ2) is 5.63. The minimum Gasteiger partial charge on any atom is -0.409 e. The molecule has 8 nitrogen and oxygen atoms in total. The zero-order valence-electron chi connectivity index (χ0n) is 9.87. The maximum atomic E-state index is 11.8. The predicted molar refractivity (Wildman–Crippen MR) is 66.5 cm³/mol. The molecule has 0 saturated carbocycles. The molecule has 0 aliphatic rings. The molecule has 0 saturated heterocycles. The maximum Gasteiger partial charge on any atom is 0.270 e. The topological polar surface area (TPSA) is 129 Å². The van der Waals surface area contributed by atoms with Crippen LogP contribution in [-0.2, 0) is 6.54 Å². The lowest BCUT2D eigenvalue weighted by Crippen LogP contribution is -2.24. The fraction of sp³-hybridized carbons (Fsp3) is 0.0909. The largest absolute Gasteiger partial charge is 0.409 e. The first-order valence-corrected chi connectivity index (χ1v) is 5.41.